The summed E-state index contributed by atoms with van der Waals surface area (Å²) in [6.07, 6.45) is -8.84. The van der Waals surface area contributed by atoms with E-state index in [9.17, 15) is 30.0 Å². The second-order valence-electron chi connectivity index (χ2n) is 7.30. The minimum atomic E-state index is -1.62. The van der Waals surface area contributed by atoms with Gasteiger partial charge in [-0.3, -0.25) is 9.59 Å². The van der Waals surface area contributed by atoms with Crippen molar-refractivity contribution in [2.24, 2.45) is 17.6 Å². The maximum absolute atomic E-state index is 12.3. The molecule has 1 saturated heterocycles. The van der Waals surface area contributed by atoms with Crippen molar-refractivity contribution in [1.29, 1.82) is 0 Å². The quantitative estimate of drug-likeness (QED) is 0.241. The first-order chi connectivity index (χ1) is 14.3. The van der Waals surface area contributed by atoms with Crippen LogP contribution in [0, 0.1) is 11.8 Å². The minimum absolute atomic E-state index is 0.0172. The maximum Gasteiger partial charge on any atom is 0.309 e. The lowest BCUT2D eigenvalue weighted by atomic mass is 9.76. The van der Waals surface area contributed by atoms with E-state index in [0.29, 0.717) is 0 Å². The Morgan fingerprint density at radius 1 is 0.967 bits per heavy atom. The summed E-state index contributed by atoms with van der Waals surface area (Å²) in [6.45, 7) is -0.264. The summed E-state index contributed by atoms with van der Waals surface area (Å²) in [7, 11) is 2.41. The zero-order valence-electron chi connectivity index (χ0n) is 17.0. The van der Waals surface area contributed by atoms with E-state index in [-0.39, 0.29) is 26.0 Å². The molecule has 0 bridgehead atoms. The topological polar surface area (TPSA) is 187 Å². The van der Waals surface area contributed by atoms with Crippen LogP contribution in [0.15, 0.2) is 0 Å². The molecule has 30 heavy (non-hydrogen) atoms. The van der Waals surface area contributed by atoms with Crippen molar-refractivity contribution in [2.45, 2.75) is 55.8 Å². The summed E-state index contributed by atoms with van der Waals surface area (Å²) in [5.41, 5.74) is 5.50. The lowest BCUT2D eigenvalue weighted by Gasteiger charge is -2.44. The number of rotatable bonds is 8. The van der Waals surface area contributed by atoms with Crippen LogP contribution in [0.3, 0.4) is 0 Å². The lowest BCUT2D eigenvalue weighted by molar-refractivity contribution is -0.322. The van der Waals surface area contributed by atoms with Crippen molar-refractivity contribution in [3.63, 3.8) is 0 Å². The van der Waals surface area contributed by atoms with Crippen LogP contribution in [-0.2, 0) is 33.3 Å². The summed E-state index contributed by atoms with van der Waals surface area (Å²) in [4.78, 5) is 24.5. The Morgan fingerprint density at radius 2 is 1.53 bits per heavy atom. The largest absolute Gasteiger partial charge is 0.469 e. The molecule has 0 aromatic rings. The molecular weight excluding hydrogens is 406 g/mol. The van der Waals surface area contributed by atoms with E-state index in [4.69, 9.17) is 29.4 Å². The van der Waals surface area contributed by atoms with Gasteiger partial charge >= 0.3 is 11.9 Å². The number of aliphatic hydroxyl groups is 4. The van der Waals surface area contributed by atoms with Gasteiger partial charge in [-0.2, -0.15) is 0 Å². The van der Waals surface area contributed by atoms with Crippen molar-refractivity contribution in [3.05, 3.63) is 0 Å². The second-order valence-corrected chi connectivity index (χ2v) is 7.30. The summed E-state index contributed by atoms with van der Waals surface area (Å²) in [5.74, 6) is -2.96. The highest BCUT2D eigenvalue weighted by atomic mass is 16.7. The molecule has 1 saturated carbocycles. The highest BCUT2D eigenvalue weighted by molar-refractivity contribution is 5.82. The average molecular weight is 437 g/mol. The number of carbonyl (C=O) groups excluding carboxylic acids is 2. The third kappa shape index (κ3) is 5.45. The molecule has 6 N–H and O–H groups in total. The van der Waals surface area contributed by atoms with Crippen molar-refractivity contribution < 1.29 is 53.7 Å². The van der Waals surface area contributed by atoms with Crippen LogP contribution >= 0.6 is 0 Å². The molecule has 12 heteroatoms. The fourth-order valence-corrected chi connectivity index (χ4v) is 3.85. The number of nitrogens with two attached hydrogens (primary N) is 1. The summed E-state index contributed by atoms with van der Waals surface area (Å²) in [5, 5.41) is 39.5. The van der Waals surface area contributed by atoms with Crippen molar-refractivity contribution in [2.75, 3.05) is 34.0 Å². The van der Waals surface area contributed by atoms with Crippen LogP contribution < -0.4 is 5.73 Å². The predicted molar refractivity (Wildman–Crippen MR) is 97.7 cm³/mol. The Morgan fingerprint density at radius 3 is 2.03 bits per heavy atom. The summed E-state index contributed by atoms with van der Waals surface area (Å²) < 4.78 is 26.5. The molecule has 1 aliphatic heterocycles. The monoisotopic (exact) mass is 437 g/mol. The molecule has 0 aromatic heterocycles. The first kappa shape index (κ1) is 24.9. The Kier molecular flexibility index (Phi) is 9.37. The standard InChI is InChI=1S/C18H31NO11/c1-26-16(24)8-5-10(28-4-3-19)11(6-9(8)17(25)27-2)29-18-15(23)14(22)13(21)12(7-20)30-18/h8-15,18,20-23H,3-7,19H2,1-2H3/t8-,9-,10-,11-,12-,13-,14+,15+,18?/m1/s1. The molecule has 2 aliphatic rings. The van der Waals surface area contributed by atoms with E-state index < -0.39 is 73.3 Å². The number of aliphatic hydroxyl groups excluding tert-OH is 4. The van der Waals surface area contributed by atoms with Crippen LogP contribution in [0.1, 0.15) is 12.8 Å². The number of hydrogen-bond acceptors (Lipinski definition) is 12. The average Bonchev–Trinajstić information content (AvgIpc) is 2.76. The number of hydrogen-bond donors (Lipinski definition) is 5. The van der Waals surface area contributed by atoms with Crippen LogP contribution in [0.2, 0.25) is 0 Å². The van der Waals surface area contributed by atoms with E-state index in [0.717, 1.165) is 0 Å². The van der Waals surface area contributed by atoms with Gasteiger partial charge in [0.05, 0.1) is 51.5 Å². The normalized spacial score (nSPS) is 39.4. The van der Waals surface area contributed by atoms with Gasteiger partial charge in [0.15, 0.2) is 6.29 Å². The number of esters is 2. The molecule has 2 fully saturated rings. The molecule has 1 heterocycles. The predicted octanol–water partition coefficient (Wildman–Crippen LogP) is -3.11. The smallest absolute Gasteiger partial charge is 0.309 e. The van der Waals surface area contributed by atoms with Crippen molar-refractivity contribution in [3.8, 4) is 0 Å². The zero-order chi connectivity index (χ0) is 22.4. The van der Waals surface area contributed by atoms with Crippen molar-refractivity contribution in [1.82, 2.24) is 0 Å². The van der Waals surface area contributed by atoms with Gasteiger partial charge in [0.25, 0.3) is 0 Å². The molecule has 0 spiro atoms. The van der Waals surface area contributed by atoms with Gasteiger partial charge in [-0.15, -0.1) is 0 Å². The lowest BCUT2D eigenvalue weighted by Crippen LogP contribution is -2.61. The Hall–Kier alpha value is -1.38. The molecule has 1 unspecified atom stereocenters. The number of ether oxygens (including phenoxy) is 5. The van der Waals surface area contributed by atoms with E-state index in [1.165, 1.54) is 14.2 Å². The van der Waals surface area contributed by atoms with Crippen LogP contribution in [0.25, 0.3) is 0 Å². The van der Waals surface area contributed by atoms with E-state index in [1.807, 2.05) is 0 Å². The SMILES string of the molecule is COC(=O)[C@@H]1C[C@@H](OCCN)[C@H](OC2O[C@H](CO)[C@@H](O)[C@H](O)[C@@H]2O)C[C@H]1C(=O)OC. The molecule has 1 aliphatic carbocycles. The van der Waals surface area contributed by atoms with Crippen LogP contribution in [-0.4, -0.2) is 109 Å². The molecule has 9 atom stereocenters. The first-order valence-electron chi connectivity index (χ1n) is 9.72. The molecule has 12 nitrogen and oxygen atoms in total. The fraction of sp³-hybridized carbons (Fsp3) is 0.889. The maximum atomic E-state index is 12.3. The Balaban J connectivity index is 2.23. The van der Waals surface area contributed by atoms with Gasteiger partial charge in [0.2, 0.25) is 0 Å². The molecule has 174 valence electrons. The van der Waals surface area contributed by atoms with Crippen LogP contribution in [0.5, 0.6) is 0 Å². The van der Waals surface area contributed by atoms with Gasteiger partial charge < -0.3 is 49.8 Å². The minimum Gasteiger partial charge on any atom is -0.469 e. The summed E-state index contributed by atoms with van der Waals surface area (Å²) >= 11 is 0. The first-order valence-corrected chi connectivity index (χ1v) is 9.72. The van der Waals surface area contributed by atoms with E-state index >= 15 is 0 Å². The Bertz CT molecular complexity index is 574. The third-order valence-electron chi connectivity index (χ3n) is 5.49. The molecule has 2 rings (SSSR count). The highest BCUT2D eigenvalue weighted by Gasteiger charge is 2.50. The molecule has 0 radical (unpaired) electrons. The van der Waals surface area contributed by atoms with Crippen molar-refractivity contribution >= 4 is 11.9 Å². The number of methoxy groups -OCH3 is 2. The molecule has 0 aromatic carbocycles. The molecular formula is C18H31NO11. The fourth-order valence-electron chi connectivity index (χ4n) is 3.85. The highest BCUT2D eigenvalue weighted by Crippen LogP contribution is 2.37. The second kappa shape index (κ2) is 11.3. The van der Waals surface area contributed by atoms with Crippen LogP contribution in [0.4, 0.5) is 0 Å². The Labute approximate surface area is 173 Å². The van der Waals surface area contributed by atoms with Gasteiger partial charge in [-0.1, -0.05) is 0 Å². The zero-order valence-corrected chi connectivity index (χ0v) is 17.0. The summed E-state index contributed by atoms with van der Waals surface area (Å²) in [6, 6.07) is 0. The van der Waals surface area contributed by atoms with Gasteiger partial charge in [-0.25, -0.2) is 0 Å². The van der Waals surface area contributed by atoms with Gasteiger partial charge in [0.1, 0.15) is 24.4 Å². The number of carbonyl (C=O) groups is 2. The van der Waals surface area contributed by atoms with E-state index in [2.05, 4.69) is 0 Å². The third-order valence-corrected chi connectivity index (χ3v) is 5.49. The van der Waals surface area contributed by atoms with Gasteiger partial charge in [-0.05, 0) is 12.8 Å². The van der Waals surface area contributed by atoms with E-state index in [1.54, 1.807) is 0 Å². The molecule has 0 amide bonds. The van der Waals surface area contributed by atoms with Gasteiger partial charge in [0, 0.05) is 6.54 Å².